The summed E-state index contributed by atoms with van der Waals surface area (Å²) in [7, 11) is -4.05. The molecule has 0 bridgehead atoms. The highest BCUT2D eigenvalue weighted by Crippen LogP contribution is 2.32. The Kier molecular flexibility index (Phi) is 4.79. The quantitative estimate of drug-likeness (QED) is 0.516. The molecular weight excluding hydrogens is 390 g/mol. The third-order valence-electron chi connectivity index (χ3n) is 4.13. The van der Waals surface area contributed by atoms with E-state index in [4.69, 9.17) is 17.3 Å². The number of anilines is 1. The van der Waals surface area contributed by atoms with Gasteiger partial charge in [-0.05, 0) is 41.6 Å². The molecule has 0 fully saturated rings. The molecule has 7 nitrogen and oxygen atoms in total. The van der Waals surface area contributed by atoms with Gasteiger partial charge in [-0.25, -0.2) is 8.42 Å². The summed E-state index contributed by atoms with van der Waals surface area (Å²) in [6.45, 7) is 4.11. The number of hydrogen-bond donors (Lipinski definition) is 4. The van der Waals surface area contributed by atoms with Crippen molar-refractivity contribution in [1.29, 1.82) is 0 Å². The second-order valence-corrected chi connectivity index (χ2v) is 8.54. The number of carbonyl (C=O) groups excluding carboxylic acids is 1. The van der Waals surface area contributed by atoms with Crippen LogP contribution in [-0.4, -0.2) is 24.4 Å². The van der Waals surface area contributed by atoms with Crippen molar-refractivity contribution in [2.24, 2.45) is 5.73 Å². The van der Waals surface area contributed by atoms with Gasteiger partial charge in [-0.2, -0.15) is 0 Å². The lowest BCUT2D eigenvalue weighted by atomic mass is 10.1. The average Bonchev–Trinajstić information content (AvgIpc) is 3.00. The van der Waals surface area contributed by atoms with E-state index >= 15 is 0 Å². The first-order valence-corrected chi connectivity index (χ1v) is 9.92. The third kappa shape index (κ3) is 3.72. The van der Waals surface area contributed by atoms with Gasteiger partial charge in [0.15, 0.2) is 0 Å². The number of amides is 1. The van der Waals surface area contributed by atoms with Crippen molar-refractivity contribution in [1.82, 2.24) is 4.98 Å². The minimum Gasteiger partial charge on any atom is -0.506 e. The van der Waals surface area contributed by atoms with E-state index in [1.165, 1.54) is 0 Å². The Morgan fingerprint density at radius 1 is 1.22 bits per heavy atom. The zero-order valence-corrected chi connectivity index (χ0v) is 16.1. The van der Waals surface area contributed by atoms with Gasteiger partial charge in [0.05, 0.1) is 21.2 Å². The molecule has 0 atom stereocenters. The van der Waals surface area contributed by atoms with Gasteiger partial charge in [-0.1, -0.05) is 31.5 Å². The van der Waals surface area contributed by atoms with Crippen molar-refractivity contribution in [3.63, 3.8) is 0 Å². The summed E-state index contributed by atoms with van der Waals surface area (Å²) in [5, 5.41) is 10.4. The van der Waals surface area contributed by atoms with Crippen molar-refractivity contribution >= 4 is 44.1 Å². The Balaban J connectivity index is 1.99. The molecule has 27 heavy (non-hydrogen) atoms. The van der Waals surface area contributed by atoms with Crippen LogP contribution in [0.15, 0.2) is 41.3 Å². The molecule has 9 heteroatoms. The molecule has 3 aromatic rings. The second kappa shape index (κ2) is 6.79. The lowest BCUT2D eigenvalue weighted by Crippen LogP contribution is -2.16. The first kappa shape index (κ1) is 19.1. The number of halogens is 1. The molecule has 0 unspecified atom stereocenters. The van der Waals surface area contributed by atoms with Gasteiger partial charge in [0.1, 0.15) is 5.75 Å². The van der Waals surface area contributed by atoms with Crippen molar-refractivity contribution in [2.75, 3.05) is 4.72 Å². The molecule has 0 aliphatic rings. The second-order valence-electron chi connectivity index (χ2n) is 6.45. The maximum absolute atomic E-state index is 12.7. The number of sulfonamides is 1. The van der Waals surface area contributed by atoms with Gasteiger partial charge in [-0.3, -0.25) is 9.52 Å². The summed E-state index contributed by atoms with van der Waals surface area (Å²) in [5.41, 5.74) is 6.96. The summed E-state index contributed by atoms with van der Waals surface area (Å²) in [5.74, 6) is -1.23. The number of phenols is 1. The summed E-state index contributed by atoms with van der Waals surface area (Å²) >= 11 is 5.83. The standard InChI is InChI=1S/C18H18ClN3O4S/c1-9(2)15-5-10-3-4-11(6-16(10)21-15)22-27(25,26)12-7-13(18(20)24)17(23)14(19)8-12/h3-9,21-23H,1-2H3,(H2,20,24). The summed E-state index contributed by atoms with van der Waals surface area (Å²) < 4.78 is 27.8. The fourth-order valence-corrected chi connectivity index (χ4v) is 4.04. The summed E-state index contributed by atoms with van der Waals surface area (Å²) in [4.78, 5) is 14.4. The van der Waals surface area contributed by atoms with Crippen LogP contribution in [-0.2, 0) is 10.0 Å². The smallest absolute Gasteiger partial charge is 0.261 e. The van der Waals surface area contributed by atoms with Gasteiger partial charge in [0.2, 0.25) is 0 Å². The van der Waals surface area contributed by atoms with E-state index in [0.717, 1.165) is 28.7 Å². The Morgan fingerprint density at radius 3 is 2.56 bits per heavy atom. The van der Waals surface area contributed by atoms with Crippen LogP contribution in [0, 0.1) is 0 Å². The van der Waals surface area contributed by atoms with E-state index in [2.05, 4.69) is 23.6 Å². The minimum absolute atomic E-state index is 0.284. The number of aromatic nitrogens is 1. The Labute approximate surface area is 161 Å². The fraction of sp³-hybridized carbons (Fsp3) is 0.167. The molecular formula is C18H18ClN3O4S. The molecule has 142 valence electrons. The predicted molar refractivity (Wildman–Crippen MR) is 105 cm³/mol. The first-order chi connectivity index (χ1) is 12.6. The lowest BCUT2D eigenvalue weighted by molar-refractivity contribution is 0.0997. The predicted octanol–water partition coefficient (Wildman–Crippen LogP) is 3.55. The van der Waals surface area contributed by atoms with Crippen LogP contribution in [0.4, 0.5) is 5.69 Å². The summed E-state index contributed by atoms with van der Waals surface area (Å²) in [6, 6.07) is 9.15. The number of aromatic hydroxyl groups is 1. The van der Waals surface area contributed by atoms with Gasteiger partial charge < -0.3 is 15.8 Å². The van der Waals surface area contributed by atoms with Crippen LogP contribution in [0.2, 0.25) is 5.02 Å². The number of benzene rings is 2. The molecule has 1 amide bonds. The molecule has 0 radical (unpaired) electrons. The SMILES string of the molecule is CC(C)c1cc2ccc(NS(=O)(=O)c3cc(Cl)c(O)c(C(N)=O)c3)cc2[nH]1. The largest absolute Gasteiger partial charge is 0.506 e. The maximum Gasteiger partial charge on any atom is 0.261 e. The minimum atomic E-state index is -4.05. The zero-order chi connectivity index (χ0) is 19.9. The van der Waals surface area contributed by atoms with E-state index in [-0.39, 0.29) is 15.5 Å². The van der Waals surface area contributed by atoms with Crippen LogP contribution in [0.25, 0.3) is 10.9 Å². The Hall–Kier alpha value is -2.71. The fourth-order valence-electron chi connectivity index (χ4n) is 2.66. The topological polar surface area (TPSA) is 125 Å². The number of H-pyrrole nitrogens is 1. The molecule has 0 saturated carbocycles. The molecule has 0 spiro atoms. The van der Waals surface area contributed by atoms with E-state index in [0.29, 0.717) is 11.6 Å². The van der Waals surface area contributed by atoms with E-state index in [9.17, 15) is 18.3 Å². The van der Waals surface area contributed by atoms with Crippen LogP contribution in [0.5, 0.6) is 5.75 Å². The van der Waals surface area contributed by atoms with E-state index in [1.807, 2.05) is 6.07 Å². The van der Waals surface area contributed by atoms with Crippen LogP contribution in [0.1, 0.15) is 35.8 Å². The Bertz CT molecular complexity index is 1150. The molecule has 0 aliphatic heterocycles. The van der Waals surface area contributed by atoms with Crippen molar-refractivity contribution in [2.45, 2.75) is 24.7 Å². The van der Waals surface area contributed by atoms with Crippen molar-refractivity contribution in [3.8, 4) is 5.75 Å². The van der Waals surface area contributed by atoms with Gasteiger partial charge in [0.25, 0.3) is 15.9 Å². The molecule has 0 aliphatic carbocycles. The number of primary amides is 1. The zero-order valence-electron chi connectivity index (χ0n) is 14.6. The number of hydrogen-bond acceptors (Lipinski definition) is 4. The Morgan fingerprint density at radius 2 is 1.93 bits per heavy atom. The average molecular weight is 408 g/mol. The van der Waals surface area contributed by atoms with E-state index < -0.39 is 21.7 Å². The van der Waals surface area contributed by atoms with Crippen LogP contribution >= 0.6 is 11.6 Å². The first-order valence-electron chi connectivity index (χ1n) is 8.06. The number of fused-ring (bicyclic) bond motifs is 1. The monoisotopic (exact) mass is 407 g/mol. The number of aromatic amines is 1. The van der Waals surface area contributed by atoms with Crippen LogP contribution in [0.3, 0.4) is 0 Å². The van der Waals surface area contributed by atoms with E-state index in [1.54, 1.807) is 18.2 Å². The van der Waals surface area contributed by atoms with Gasteiger partial charge in [-0.15, -0.1) is 0 Å². The van der Waals surface area contributed by atoms with Crippen LogP contribution < -0.4 is 10.5 Å². The van der Waals surface area contributed by atoms with Gasteiger partial charge in [0, 0.05) is 11.2 Å². The number of nitrogens with one attached hydrogen (secondary N) is 2. The molecule has 1 aromatic heterocycles. The highest BCUT2D eigenvalue weighted by molar-refractivity contribution is 7.92. The van der Waals surface area contributed by atoms with Gasteiger partial charge >= 0.3 is 0 Å². The molecule has 2 aromatic carbocycles. The number of nitrogens with two attached hydrogens (primary N) is 1. The number of rotatable bonds is 5. The molecule has 3 rings (SSSR count). The molecule has 1 heterocycles. The highest BCUT2D eigenvalue weighted by atomic mass is 35.5. The third-order valence-corrected chi connectivity index (χ3v) is 5.78. The summed E-state index contributed by atoms with van der Waals surface area (Å²) in [6.07, 6.45) is 0. The lowest BCUT2D eigenvalue weighted by Gasteiger charge is -2.11. The van der Waals surface area contributed by atoms with Crippen molar-refractivity contribution in [3.05, 3.63) is 52.7 Å². The molecule has 5 N–H and O–H groups in total. The number of carbonyl (C=O) groups is 1. The highest BCUT2D eigenvalue weighted by Gasteiger charge is 2.21. The maximum atomic E-state index is 12.7. The normalized spacial score (nSPS) is 11.9. The molecule has 0 saturated heterocycles. The van der Waals surface area contributed by atoms with Crippen molar-refractivity contribution < 1.29 is 18.3 Å².